The number of ether oxygens (including phenoxy) is 1. The minimum atomic E-state index is -0.259. The molecule has 70 valence electrons. The number of hydrogen-bond donors (Lipinski definition) is 1. The smallest absolute Gasteiger partial charge is 0.127 e. The summed E-state index contributed by atoms with van der Waals surface area (Å²) in [5.41, 5.74) is 5.88. The van der Waals surface area contributed by atoms with Crippen LogP contribution in [0, 0.1) is 5.82 Å². The van der Waals surface area contributed by atoms with Crippen molar-refractivity contribution < 1.29 is 9.13 Å². The highest BCUT2D eigenvalue weighted by Crippen LogP contribution is 2.27. The predicted molar refractivity (Wildman–Crippen MR) is 47.9 cm³/mol. The Kier molecular flexibility index (Phi) is 2.19. The first-order chi connectivity index (χ1) is 6.29. The van der Waals surface area contributed by atoms with Gasteiger partial charge in [0.05, 0.1) is 6.10 Å². The Morgan fingerprint density at radius 1 is 1.46 bits per heavy atom. The molecule has 1 fully saturated rings. The van der Waals surface area contributed by atoms with Gasteiger partial charge >= 0.3 is 0 Å². The van der Waals surface area contributed by atoms with Crippen LogP contribution in [0.15, 0.2) is 18.2 Å². The normalized spacial score (nSPS) is 15.8. The highest BCUT2D eigenvalue weighted by molar-refractivity contribution is 5.30. The summed E-state index contributed by atoms with van der Waals surface area (Å²) < 4.78 is 18.5. The van der Waals surface area contributed by atoms with Crippen LogP contribution >= 0.6 is 0 Å². The summed E-state index contributed by atoms with van der Waals surface area (Å²) in [4.78, 5) is 0. The van der Waals surface area contributed by atoms with Crippen molar-refractivity contribution in [2.24, 2.45) is 5.73 Å². The first-order valence-corrected chi connectivity index (χ1v) is 4.45. The molecule has 0 unspecified atom stereocenters. The van der Waals surface area contributed by atoms with Crippen molar-refractivity contribution in [2.45, 2.75) is 25.5 Å². The molecule has 0 aliphatic heterocycles. The predicted octanol–water partition coefficient (Wildman–Crippen LogP) is 1.83. The summed E-state index contributed by atoms with van der Waals surface area (Å²) >= 11 is 0. The van der Waals surface area contributed by atoms with Gasteiger partial charge in [-0.1, -0.05) is 0 Å². The van der Waals surface area contributed by atoms with Crippen LogP contribution in [0.25, 0.3) is 0 Å². The van der Waals surface area contributed by atoms with E-state index in [1.54, 1.807) is 12.1 Å². The molecule has 0 aromatic heterocycles. The van der Waals surface area contributed by atoms with E-state index in [-0.39, 0.29) is 12.4 Å². The maximum Gasteiger partial charge on any atom is 0.127 e. The second-order valence-electron chi connectivity index (χ2n) is 3.27. The summed E-state index contributed by atoms with van der Waals surface area (Å²) in [5.74, 6) is 0.468. The molecule has 1 aromatic carbocycles. The molecule has 3 heteroatoms. The first kappa shape index (κ1) is 8.51. The van der Waals surface area contributed by atoms with Crippen LogP contribution in [0.1, 0.15) is 18.4 Å². The Hall–Kier alpha value is -1.09. The molecule has 0 spiro atoms. The first-order valence-electron chi connectivity index (χ1n) is 4.45. The lowest BCUT2D eigenvalue weighted by Crippen LogP contribution is -2.02. The highest BCUT2D eigenvalue weighted by Gasteiger charge is 2.23. The van der Waals surface area contributed by atoms with E-state index in [0.717, 1.165) is 18.6 Å². The Bertz CT molecular complexity index is 310. The molecule has 1 aliphatic rings. The molecule has 0 amide bonds. The fraction of sp³-hybridized carbons (Fsp3) is 0.400. The number of nitrogens with two attached hydrogens (primary N) is 1. The summed E-state index contributed by atoms with van der Waals surface area (Å²) in [6.07, 6.45) is 2.56. The maximum absolute atomic E-state index is 13.0. The van der Waals surface area contributed by atoms with Gasteiger partial charge in [0.15, 0.2) is 0 Å². The van der Waals surface area contributed by atoms with Crippen molar-refractivity contribution >= 4 is 0 Å². The van der Waals surface area contributed by atoms with Gasteiger partial charge in [-0.15, -0.1) is 0 Å². The second-order valence-corrected chi connectivity index (χ2v) is 3.27. The zero-order valence-corrected chi connectivity index (χ0v) is 7.29. The van der Waals surface area contributed by atoms with Crippen molar-refractivity contribution in [3.05, 3.63) is 29.6 Å². The fourth-order valence-corrected chi connectivity index (χ4v) is 1.16. The van der Waals surface area contributed by atoms with Gasteiger partial charge in [0, 0.05) is 12.1 Å². The standard InChI is InChI=1S/C10H12FNO/c11-10-4-3-9(5-7(10)6-12)13-8-1-2-8/h3-5,8H,1-2,6,12H2. The van der Waals surface area contributed by atoms with Crippen LogP contribution in [0.3, 0.4) is 0 Å². The minimum absolute atomic E-state index is 0.216. The van der Waals surface area contributed by atoms with E-state index in [0.29, 0.717) is 11.7 Å². The Balaban J connectivity index is 2.16. The highest BCUT2D eigenvalue weighted by atomic mass is 19.1. The largest absolute Gasteiger partial charge is 0.490 e. The van der Waals surface area contributed by atoms with Gasteiger partial charge in [0.25, 0.3) is 0 Å². The molecule has 0 bridgehead atoms. The average molecular weight is 181 g/mol. The topological polar surface area (TPSA) is 35.2 Å². The third-order valence-electron chi connectivity index (χ3n) is 2.06. The lowest BCUT2D eigenvalue weighted by Gasteiger charge is -2.06. The van der Waals surface area contributed by atoms with Gasteiger partial charge in [-0.3, -0.25) is 0 Å². The van der Waals surface area contributed by atoms with Crippen molar-refractivity contribution in [2.75, 3.05) is 0 Å². The fourth-order valence-electron chi connectivity index (χ4n) is 1.16. The van der Waals surface area contributed by atoms with Gasteiger partial charge in [-0.05, 0) is 31.0 Å². The Labute approximate surface area is 76.5 Å². The minimum Gasteiger partial charge on any atom is -0.490 e. The zero-order valence-electron chi connectivity index (χ0n) is 7.29. The van der Waals surface area contributed by atoms with Gasteiger partial charge in [-0.25, -0.2) is 4.39 Å². The molecule has 0 heterocycles. The molecule has 2 nitrogen and oxygen atoms in total. The zero-order chi connectivity index (χ0) is 9.26. The van der Waals surface area contributed by atoms with E-state index in [4.69, 9.17) is 10.5 Å². The van der Waals surface area contributed by atoms with E-state index in [2.05, 4.69) is 0 Å². The quantitative estimate of drug-likeness (QED) is 0.772. The maximum atomic E-state index is 13.0. The Morgan fingerprint density at radius 2 is 2.23 bits per heavy atom. The number of benzene rings is 1. The molecule has 2 rings (SSSR count). The van der Waals surface area contributed by atoms with Crippen LogP contribution in [-0.4, -0.2) is 6.10 Å². The lowest BCUT2D eigenvalue weighted by atomic mass is 10.2. The molecular formula is C10H12FNO. The van der Waals surface area contributed by atoms with Gasteiger partial charge in [0.1, 0.15) is 11.6 Å². The average Bonchev–Trinajstić information content (AvgIpc) is 2.92. The SMILES string of the molecule is NCc1cc(OC2CC2)ccc1F. The van der Waals surface area contributed by atoms with Crippen molar-refractivity contribution in [1.82, 2.24) is 0 Å². The third-order valence-corrected chi connectivity index (χ3v) is 2.06. The molecule has 13 heavy (non-hydrogen) atoms. The Morgan fingerprint density at radius 3 is 2.85 bits per heavy atom. The molecule has 1 aliphatic carbocycles. The van der Waals surface area contributed by atoms with Crippen LogP contribution in [0.2, 0.25) is 0 Å². The van der Waals surface area contributed by atoms with Gasteiger partial charge in [-0.2, -0.15) is 0 Å². The number of halogens is 1. The summed E-state index contributed by atoms with van der Waals surface area (Å²) in [6, 6.07) is 4.72. The molecular weight excluding hydrogens is 169 g/mol. The van der Waals surface area contributed by atoms with E-state index in [9.17, 15) is 4.39 Å². The number of hydrogen-bond acceptors (Lipinski definition) is 2. The number of rotatable bonds is 3. The summed E-state index contributed by atoms with van der Waals surface area (Å²) in [7, 11) is 0. The molecule has 2 N–H and O–H groups in total. The summed E-state index contributed by atoms with van der Waals surface area (Å²) in [5, 5.41) is 0. The van der Waals surface area contributed by atoms with Crippen LogP contribution in [0.4, 0.5) is 4.39 Å². The van der Waals surface area contributed by atoms with Crippen LogP contribution < -0.4 is 10.5 Å². The van der Waals surface area contributed by atoms with Crippen molar-refractivity contribution in [3.63, 3.8) is 0 Å². The molecule has 1 aromatic rings. The van der Waals surface area contributed by atoms with Crippen molar-refractivity contribution in [3.8, 4) is 5.75 Å². The molecule has 1 saturated carbocycles. The third kappa shape index (κ3) is 1.98. The van der Waals surface area contributed by atoms with Crippen molar-refractivity contribution in [1.29, 1.82) is 0 Å². The van der Waals surface area contributed by atoms with Crippen LogP contribution in [0.5, 0.6) is 5.75 Å². The van der Waals surface area contributed by atoms with E-state index >= 15 is 0 Å². The second kappa shape index (κ2) is 3.34. The monoisotopic (exact) mass is 181 g/mol. The lowest BCUT2D eigenvalue weighted by molar-refractivity contribution is 0.302. The van der Waals surface area contributed by atoms with E-state index < -0.39 is 0 Å². The summed E-state index contributed by atoms with van der Waals surface area (Å²) in [6.45, 7) is 0.216. The van der Waals surface area contributed by atoms with E-state index in [1.807, 2.05) is 0 Å². The molecule has 0 radical (unpaired) electrons. The molecule has 0 atom stereocenters. The van der Waals surface area contributed by atoms with E-state index in [1.165, 1.54) is 6.07 Å². The molecule has 0 saturated heterocycles. The van der Waals surface area contributed by atoms with Crippen LogP contribution in [-0.2, 0) is 6.54 Å². The van der Waals surface area contributed by atoms with Gasteiger partial charge in [0.2, 0.25) is 0 Å². The van der Waals surface area contributed by atoms with Gasteiger partial charge < -0.3 is 10.5 Å².